The van der Waals surface area contributed by atoms with Crippen LogP contribution in [0.5, 0.6) is 0 Å². The number of hydrogen-bond donors (Lipinski definition) is 2. The number of carboxylic acid groups (broad SMARTS) is 1. The lowest BCUT2D eigenvalue weighted by Crippen LogP contribution is -2.14. The summed E-state index contributed by atoms with van der Waals surface area (Å²) in [6.07, 6.45) is 1.23. The molecule has 0 radical (unpaired) electrons. The number of carboxylic acids is 1. The summed E-state index contributed by atoms with van der Waals surface area (Å²) >= 11 is 0. The third-order valence-electron chi connectivity index (χ3n) is 2.30. The summed E-state index contributed by atoms with van der Waals surface area (Å²) in [5.74, 6) is -1.19. The van der Waals surface area contributed by atoms with E-state index >= 15 is 0 Å². The van der Waals surface area contributed by atoms with Crippen LogP contribution in [0.15, 0.2) is 53.6 Å². The highest BCUT2D eigenvalue weighted by Gasteiger charge is 2.15. The molecule has 0 saturated carbocycles. The van der Waals surface area contributed by atoms with Gasteiger partial charge in [-0.15, -0.1) is 0 Å². The number of aromatic carboxylic acids is 1. The molecule has 1 aromatic heterocycles. The van der Waals surface area contributed by atoms with E-state index < -0.39 is 16.0 Å². The number of carbonyl (C=O) groups is 1. The van der Waals surface area contributed by atoms with Gasteiger partial charge in [-0.2, -0.15) is 0 Å². The molecule has 6 nitrogen and oxygen atoms in total. The Bertz CT molecular complexity index is 699. The number of hydrogen-bond acceptors (Lipinski definition) is 4. The molecule has 0 amide bonds. The largest absolute Gasteiger partial charge is 0.478 e. The molecule has 0 unspecified atom stereocenters. The maximum atomic E-state index is 12.0. The minimum atomic E-state index is -3.76. The van der Waals surface area contributed by atoms with E-state index in [1.165, 1.54) is 24.4 Å². The van der Waals surface area contributed by atoms with Gasteiger partial charge in [0.25, 0.3) is 10.0 Å². The molecule has 0 saturated heterocycles. The van der Waals surface area contributed by atoms with Gasteiger partial charge in [0.1, 0.15) is 5.82 Å². The number of nitrogens with zero attached hydrogens (tertiary/aromatic N) is 1. The van der Waals surface area contributed by atoms with Crippen LogP contribution in [-0.4, -0.2) is 24.5 Å². The van der Waals surface area contributed by atoms with E-state index in [-0.39, 0.29) is 16.3 Å². The molecule has 0 aliphatic heterocycles. The summed E-state index contributed by atoms with van der Waals surface area (Å²) in [5.41, 5.74) is -0.0410. The molecule has 0 atom stereocenters. The van der Waals surface area contributed by atoms with Gasteiger partial charge in [0.05, 0.1) is 10.5 Å². The number of benzene rings is 1. The van der Waals surface area contributed by atoms with E-state index in [0.29, 0.717) is 0 Å². The van der Waals surface area contributed by atoms with Gasteiger partial charge in [0.15, 0.2) is 0 Å². The topological polar surface area (TPSA) is 96.4 Å². The minimum Gasteiger partial charge on any atom is -0.478 e. The lowest BCUT2D eigenvalue weighted by molar-refractivity contribution is 0.0697. The molecule has 2 rings (SSSR count). The molecule has 1 aromatic carbocycles. The van der Waals surface area contributed by atoms with E-state index in [0.717, 1.165) is 6.07 Å². The molecule has 2 N–H and O–H groups in total. The third kappa shape index (κ3) is 3.08. The Labute approximate surface area is 109 Å². The van der Waals surface area contributed by atoms with Crippen LogP contribution in [0.4, 0.5) is 5.82 Å². The third-order valence-corrected chi connectivity index (χ3v) is 3.67. The van der Waals surface area contributed by atoms with Crippen molar-refractivity contribution in [1.82, 2.24) is 4.98 Å². The summed E-state index contributed by atoms with van der Waals surface area (Å²) in [6.45, 7) is 0. The van der Waals surface area contributed by atoms with Crippen LogP contribution in [0.2, 0.25) is 0 Å². The fraction of sp³-hybridized carbons (Fsp3) is 0. The molecule has 1 heterocycles. The molecule has 0 aliphatic rings. The number of sulfonamides is 1. The second kappa shape index (κ2) is 5.07. The minimum absolute atomic E-state index is 0.0382. The fourth-order valence-electron chi connectivity index (χ4n) is 1.42. The van der Waals surface area contributed by atoms with Crippen molar-refractivity contribution in [3.05, 3.63) is 54.2 Å². The Hall–Kier alpha value is -2.41. The van der Waals surface area contributed by atoms with Gasteiger partial charge in [0.2, 0.25) is 0 Å². The Balaban J connectivity index is 2.31. The molecule has 7 heteroatoms. The lowest BCUT2D eigenvalue weighted by Gasteiger charge is -2.07. The maximum absolute atomic E-state index is 12.0. The summed E-state index contributed by atoms with van der Waals surface area (Å²) in [6, 6.07) is 10.2. The molecule has 2 aromatic rings. The second-order valence-electron chi connectivity index (χ2n) is 3.65. The summed E-state index contributed by atoms with van der Waals surface area (Å²) in [7, 11) is -3.76. The van der Waals surface area contributed by atoms with Gasteiger partial charge in [-0.3, -0.25) is 4.72 Å². The molecule has 0 aliphatic carbocycles. The van der Waals surface area contributed by atoms with Crippen molar-refractivity contribution in [2.45, 2.75) is 4.90 Å². The zero-order valence-corrected chi connectivity index (χ0v) is 10.5. The van der Waals surface area contributed by atoms with Crippen LogP contribution in [0.3, 0.4) is 0 Å². The SMILES string of the molecule is O=C(O)c1ccnc(NS(=O)(=O)c2ccccc2)c1. The van der Waals surface area contributed by atoms with Gasteiger partial charge in [0, 0.05) is 6.20 Å². The van der Waals surface area contributed by atoms with Crippen molar-refractivity contribution >= 4 is 21.8 Å². The molecule has 0 bridgehead atoms. The van der Waals surface area contributed by atoms with E-state index in [4.69, 9.17) is 5.11 Å². The first kappa shape index (κ1) is 13.0. The Morgan fingerprint density at radius 3 is 2.47 bits per heavy atom. The Morgan fingerprint density at radius 2 is 1.84 bits per heavy atom. The number of nitrogens with one attached hydrogen (secondary N) is 1. The van der Waals surface area contributed by atoms with Crippen LogP contribution < -0.4 is 4.72 Å². The molecular weight excluding hydrogens is 268 g/mol. The number of pyridine rings is 1. The Kier molecular flexibility index (Phi) is 3.48. The van der Waals surface area contributed by atoms with Gasteiger partial charge >= 0.3 is 5.97 Å². The molecular formula is C12H10N2O4S. The molecule has 98 valence electrons. The predicted molar refractivity (Wildman–Crippen MR) is 68.4 cm³/mol. The summed E-state index contributed by atoms with van der Waals surface area (Å²) in [5, 5.41) is 8.82. The van der Waals surface area contributed by atoms with Crippen molar-refractivity contribution in [1.29, 1.82) is 0 Å². The molecule has 19 heavy (non-hydrogen) atoms. The van der Waals surface area contributed by atoms with Crippen molar-refractivity contribution in [2.24, 2.45) is 0 Å². The number of anilines is 1. The highest BCUT2D eigenvalue weighted by molar-refractivity contribution is 7.92. The van der Waals surface area contributed by atoms with Crippen LogP contribution >= 0.6 is 0 Å². The monoisotopic (exact) mass is 278 g/mol. The fourth-order valence-corrected chi connectivity index (χ4v) is 2.44. The van der Waals surface area contributed by atoms with Crippen molar-refractivity contribution in [3.8, 4) is 0 Å². The second-order valence-corrected chi connectivity index (χ2v) is 5.34. The zero-order chi connectivity index (χ0) is 13.9. The normalized spacial score (nSPS) is 10.9. The summed E-state index contributed by atoms with van der Waals surface area (Å²) < 4.78 is 26.2. The average Bonchev–Trinajstić information content (AvgIpc) is 2.39. The summed E-state index contributed by atoms with van der Waals surface area (Å²) in [4.78, 5) is 14.6. The van der Waals surface area contributed by atoms with Crippen LogP contribution in [0, 0.1) is 0 Å². The van der Waals surface area contributed by atoms with Crippen LogP contribution in [0.1, 0.15) is 10.4 Å². The van der Waals surface area contributed by atoms with Crippen molar-refractivity contribution < 1.29 is 18.3 Å². The first-order chi connectivity index (χ1) is 8.99. The van der Waals surface area contributed by atoms with Crippen LogP contribution in [0.25, 0.3) is 0 Å². The van der Waals surface area contributed by atoms with E-state index in [9.17, 15) is 13.2 Å². The zero-order valence-electron chi connectivity index (χ0n) is 9.65. The molecule has 0 spiro atoms. The highest BCUT2D eigenvalue weighted by atomic mass is 32.2. The Morgan fingerprint density at radius 1 is 1.16 bits per heavy atom. The predicted octanol–water partition coefficient (Wildman–Crippen LogP) is 1.58. The van der Waals surface area contributed by atoms with Crippen LogP contribution in [-0.2, 0) is 10.0 Å². The van der Waals surface area contributed by atoms with Gasteiger partial charge in [-0.25, -0.2) is 18.2 Å². The standard InChI is InChI=1S/C12H10N2O4S/c15-12(16)9-6-7-13-11(8-9)14-19(17,18)10-4-2-1-3-5-10/h1-8H,(H,13,14)(H,15,16). The van der Waals surface area contributed by atoms with E-state index in [1.54, 1.807) is 18.2 Å². The smallest absolute Gasteiger partial charge is 0.335 e. The van der Waals surface area contributed by atoms with E-state index in [1.807, 2.05) is 0 Å². The van der Waals surface area contributed by atoms with Crippen molar-refractivity contribution in [3.63, 3.8) is 0 Å². The van der Waals surface area contributed by atoms with Crippen molar-refractivity contribution in [2.75, 3.05) is 4.72 Å². The highest BCUT2D eigenvalue weighted by Crippen LogP contribution is 2.14. The first-order valence-electron chi connectivity index (χ1n) is 5.26. The van der Waals surface area contributed by atoms with Gasteiger partial charge < -0.3 is 5.11 Å². The number of rotatable bonds is 4. The average molecular weight is 278 g/mol. The van der Waals surface area contributed by atoms with E-state index in [2.05, 4.69) is 9.71 Å². The maximum Gasteiger partial charge on any atom is 0.335 e. The van der Waals surface area contributed by atoms with Gasteiger partial charge in [-0.05, 0) is 24.3 Å². The molecule has 0 fully saturated rings. The lowest BCUT2D eigenvalue weighted by atomic mass is 10.3. The van der Waals surface area contributed by atoms with Gasteiger partial charge in [-0.1, -0.05) is 18.2 Å². The first-order valence-corrected chi connectivity index (χ1v) is 6.74. The quantitative estimate of drug-likeness (QED) is 0.885. The number of aromatic nitrogens is 1.